The van der Waals surface area contributed by atoms with Crippen LogP contribution in [0.3, 0.4) is 0 Å². The highest BCUT2D eigenvalue weighted by Gasteiger charge is 2.44. The summed E-state index contributed by atoms with van der Waals surface area (Å²) in [6, 6.07) is 8.43. The van der Waals surface area contributed by atoms with E-state index in [2.05, 4.69) is 62.3 Å². The van der Waals surface area contributed by atoms with Gasteiger partial charge in [-0.25, -0.2) is 9.97 Å². The lowest BCUT2D eigenvalue weighted by atomic mass is 9.97. The second-order valence-electron chi connectivity index (χ2n) is 10.5. The maximum Gasteiger partial charge on any atom is 0.225 e. The highest BCUT2D eigenvalue weighted by atomic mass is 16.7. The summed E-state index contributed by atoms with van der Waals surface area (Å²) in [7, 11) is 2.07. The van der Waals surface area contributed by atoms with E-state index in [1.54, 1.807) is 0 Å². The molecule has 12 nitrogen and oxygen atoms in total. The highest BCUT2D eigenvalue weighted by Crippen LogP contribution is 2.24. The Morgan fingerprint density at radius 3 is 2.55 bits per heavy atom. The highest BCUT2D eigenvalue weighted by molar-refractivity contribution is 5.96. The molecular weight excluding hydrogens is 518 g/mol. The van der Waals surface area contributed by atoms with Crippen LogP contribution in [0.2, 0.25) is 0 Å². The molecule has 12 heteroatoms. The third kappa shape index (κ3) is 6.18. The molecule has 2 fully saturated rings. The fourth-order valence-corrected chi connectivity index (χ4v) is 5.39. The number of anilines is 1. The van der Waals surface area contributed by atoms with Crippen molar-refractivity contribution in [2.24, 2.45) is 13.0 Å². The number of ketones is 1. The van der Waals surface area contributed by atoms with Gasteiger partial charge in [0.25, 0.3) is 0 Å². The van der Waals surface area contributed by atoms with Crippen LogP contribution < -0.4 is 10.2 Å². The third-order valence-corrected chi connectivity index (χ3v) is 7.81. The van der Waals surface area contributed by atoms with Crippen molar-refractivity contribution in [3.63, 3.8) is 0 Å². The fourth-order valence-electron chi connectivity index (χ4n) is 5.39. The minimum atomic E-state index is -1.57. The van der Waals surface area contributed by atoms with Gasteiger partial charge in [0.2, 0.25) is 5.95 Å². The Labute approximate surface area is 232 Å². The Balaban J connectivity index is 1.06. The molecule has 2 aromatic heterocycles. The summed E-state index contributed by atoms with van der Waals surface area (Å²) in [4.78, 5) is 23.4. The number of ether oxygens (including phenoxy) is 2. The quantitative estimate of drug-likeness (QED) is 0.214. The van der Waals surface area contributed by atoms with E-state index in [1.165, 1.54) is 28.9 Å². The number of aryl methyl sites for hydroxylation is 1. The van der Waals surface area contributed by atoms with E-state index in [0.29, 0.717) is 11.9 Å². The SMILES string of the molecule is Cn1cc(CNCC2CCN(c3ncc(C(=O)CO[C@@H]4O[C@H](CO)[C@H](O)[C@H](O)[C@H]4O)cn3)CC2)c2ccccc21. The van der Waals surface area contributed by atoms with Crippen LogP contribution in [0.4, 0.5) is 5.95 Å². The molecule has 5 N–H and O–H groups in total. The number of Topliss-reactive ketones (excluding diaryl/α,β-unsaturated/α-hetero) is 1. The van der Waals surface area contributed by atoms with Crippen LogP contribution in [0.1, 0.15) is 28.8 Å². The van der Waals surface area contributed by atoms with E-state index in [9.17, 15) is 25.2 Å². The molecule has 0 aliphatic carbocycles. The number of para-hydroxylation sites is 1. The number of rotatable bonds is 10. The molecule has 3 aromatic rings. The molecule has 0 amide bonds. The van der Waals surface area contributed by atoms with Crippen LogP contribution in [-0.2, 0) is 23.1 Å². The average molecular weight is 556 g/mol. The van der Waals surface area contributed by atoms with Crippen molar-refractivity contribution in [3.8, 4) is 0 Å². The van der Waals surface area contributed by atoms with Gasteiger partial charge in [-0.15, -0.1) is 0 Å². The molecule has 1 aromatic carbocycles. The molecule has 0 radical (unpaired) electrons. The first-order valence-corrected chi connectivity index (χ1v) is 13.6. The topological polar surface area (TPSA) is 162 Å². The van der Waals surface area contributed by atoms with Gasteiger partial charge in [0.1, 0.15) is 31.0 Å². The van der Waals surface area contributed by atoms with Crippen LogP contribution in [0, 0.1) is 5.92 Å². The molecule has 0 bridgehead atoms. The van der Waals surface area contributed by atoms with E-state index in [1.807, 2.05) is 0 Å². The zero-order valence-electron chi connectivity index (χ0n) is 22.5. The molecule has 2 saturated heterocycles. The number of carbonyl (C=O) groups excluding carboxylic acids is 1. The molecule has 40 heavy (non-hydrogen) atoms. The summed E-state index contributed by atoms with van der Waals surface area (Å²) in [6.07, 6.45) is -0.0101. The largest absolute Gasteiger partial charge is 0.394 e. The zero-order chi connectivity index (χ0) is 28.2. The van der Waals surface area contributed by atoms with Gasteiger partial charge in [-0.1, -0.05) is 18.2 Å². The van der Waals surface area contributed by atoms with Crippen molar-refractivity contribution in [1.82, 2.24) is 19.9 Å². The van der Waals surface area contributed by atoms with Gasteiger partial charge >= 0.3 is 0 Å². The Kier molecular flexibility index (Phi) is 9.06. The van der Waals surface area contributed by atoms with Gasteiger partial charge in [-0.3, -0.25) is 4.79 Å². The number of nitrogens with one attached hydrogen (secondary N) is 1. The molecule has 4 heterocycles. The molecule has 0 saturated carbocycles. The maximum absolute atomic E-state index is 12.6. The molecular formula is C28H37N5O7. The Hall–Kier alpha value is -2.97. The molecule has 216 valence electrons. The van der Waals surface area contributed by atoms with Gasteiger partial charge in [0.15, 0.2) is 12.1 Å². The van der Waals surface area contributed by atoms with Gasteiger partial charge < -0.3 is 44.7 Å². The van der Waals surface area contributed by atoms with Gasteiger partial charge in [0, 0.05) is 56.2 Å². The molecule has 5 atom stereocenters. The molecule has 2 aliphatic rings. The van der Waals surface area contributed by atoms with Gasteiger partial charge in [0.05, 0.1) is 12.2 Å². The minimum absolute atomic E-state index is 0.237. The number of hydrogen-bond acceptors (Lipinski definition) is 11. The van der Waals surface area contributed by atoms with Crippen LogP contribution in [0.15, 0.2) is 42.9 Å². The first kappa shape index (κ1) is 28.6. The Morgan fingerprint density at radius 2 is 1.82 bits per heavy atom. The van der Waals surface area contributed by atoms with Crippen molar-refractivity contribution in [3.05, 3.63) is 54.0 Å². The van der Waals surface area contributed by atoms with Crippen molar-refractivity contribution >= 4 is 22.6 Å². The van der Waals surface area contributed by atoms with Crippen molar-refractivity contribution < 1.29 is 34.7 Å². The number of fused-ring (bicyclic) bond motifs is 1. The predicted molar refractivity (Wildman–Crippen MR) is 146 cm³/mol. The second-order valence-corrected chi connectivity index (χ2v) is 10.5. The number of aromatic nitrogens is 3. The average Bonchev–Trinajstić information content (AvgIpc) is 3.31. The molecule has 2 aliphatic heterocycles. The number of aliphatic hydroxyl groups is 4. The van der Waals surface area contributed by atoms with Crippen LogP contribution in [0.5, 0.6) is 0 Å². The minimum Gasteiger partial charge on any atom is -0.394 e. The monoisotopic (exact) mass is 555 g/mol. The third-order valence-electron chi connectivity index (χ3n) is 7.81. The van der Waals surface area contributed by atoms with Gasteiger partial charge in [-0.05, 0) is 36.9 Å². The normalized spacial score (nSPS) is 25.9. The van der Waals surface area contributed by atoms with E-state index < -0.39 is 49.7 Å². The van der Waals surface area contributed by atoms with Crippen molar-refractivity contribution in [2.75, 3.05) is 37.7 Å². The lowest BCUT2D eigenvalue weighted by Crippen LogP contribution is -2.59. The number of nitrogens with zero attached hydrogens (tertiary/aromatic N) is 4. The number of piperidine rings is 1. The summed E-state index contributed by atoms with van der Waals surface area (Å²) in [6.45, 7) is 2.40. The Morgan fingerprint density at radius 1 is 1.10 bits per heavy atom. The maximum atomic E-state index is 12.6. The standard InChI is InChI=1S/C28H37N5O7/c1-32-14-19(20-4-2-3-5-21(20)32)11-29-10-17-6-8-33(9-7-17)28-30-12-18(13-31-28)22(35)16-39-27-26(38)25(37)24(36)23(15-34)40-27/h2-5,12-14,17,23-27,29,34,36-38H,6-11,15-16H2,1H3/t23-,24+,25+,26-,27-/m1/s1. The van der Waals surface area contributed by atoms with Gasteiger partial charge in [-0.2, -0.15) is 0 Å². The van der Waals surface area contributed by atoms with Crippen LogP contribution >= 0.6 is 0 Å². The first-order valence-electron chi connectivity index (χ1n) is 13.6. The van der Waals surface area contributed by atoms with E-state index in [0.717, 1.165) is 39.0 Å². The number of carbonyl (C=O) groups is 1. The summed E-state index contributed by atoms with van der Waals surface area (Å²) in [5.74, 6) is 0.694. The second kappa shape index (κ2) is 12.7. The Bertz CT molecular complexity index is 1280. The molecule has 5 rings (SSSR count). The predicted octanol–water partition coefficient (Wildman–Crippen LogP) is -0.0263. The molecule has 0 unspecified atom stereocenters. The first-order chi connectivity index (χ1) is 19.4. The number of benzene rings is 1. The van der Waals surface area contributed by atoms with Crippen LogP contribution in [-0.4, -0.2) is 104 Å². The van der Waals surface area contributed by atoms with Crippen LogP contribution in [0.25, 0.3) is 10.9 Å². The summed E-state index contributed by atoms with van der Waals surface area (Å²) in [5.41, 5.74) is 2.78. The smallest absolute Gasteiger partial charge is 0.225 e. The number of aliphatic hydroxyl groups excluding tert-OH is 4. The van der Waals surface area contributed by atoms with Crippen molar-refractivity contribution in [2.45, 2.75) is 50.1 Å². The lowest BCUT2D eigenvalue weighted by Gasteiger charge is -2.39. The summed E-state index contributed by atoms with van der Waals surface area (Å²) >= 11 is 0. The summed E-state index contributed by atoms with van der Waals surface area (Å²) in [5, 5.41) is 44.0. The summed E-state index contributed by atoms with van der Waals surface area (Å²) < 4.78 is 12.8. The number of hydrogen-bond donors (Lipinski definition) is 5. The lowest BCUT2D eigenvalue weighted by molar-refractivity contribution is -0.298. The zero-order valence-corrected chi connectivity index (χ0v) is 22.5. The van der Waals surface area contributed by atoms with Crippen molar-refractivity contribution in [1.29, 1.82) is 0 Å². The van der Waals surface area contributed by atoms with E-state index in [-0.39, 0.29) is 5.56 Å². The fraction of sp³-hybridized carbons (Fsp3) is 0.536. The molecule has 0 spiro atoms. The van der Waals surface area contributed by atoms with E-state index >= 15 is 0 Å². The van der Waals surface area contributed by atoms with E-state index in [4.69, 9.17) is 9.47 Å².